The average molecular weight is 232 g/mol. The van der Waals surface area contributed by atoms with Crippen LogP contribution in [0.5, 0.6) is 0 Å². The molecule has 0 amide bonds. The van der Waals surface area contributed by atoms with Crippen LogP contribution in [0.4, 0.5) is 0 Å². The predicted molar refractivity (Wildman–Crippen MR) is 73.2 cm³/mol. The van der Waals surface area contributed by atoms with Crippen molar-refractivity contribution in [2.45, 2.75) is 45.2 Å². The molecule has 2 heteroatoms. The summed E-state index contributed by atoms with van der Waals surface area (Å²) >= 11 is 0. The second kappa shape index (κ2) is 6.18. The van der Waals surface area contributed by atoms with Crippen LogP contribution in [-0.4, -0.2) is 19.1 Å². The van der Waals surface area contributed by atoms with Crippen LogP contribution >= 0.6 is 0 Å². The van der Waals surface area contributed by atoms with Crippen molar-refractivity contribution in [1.29, 1.82) is 0 Å². The van der Waals surface area contributed by atoms with Gasteiger partial charge in [0.1, 0.15) is 0 Å². The molecule has 0 radical (unpaired) electrons. The van der Waals surface area contributed by atoms with Gasteiger partial charge in [-0.05, 0) is 51.8 Å². The predicted octanol–water partition coefficient (Wildman–Crippen LogP) is 2.79. The molecule has 1 aromatic rings. The van der Waals surface area contributed by atoms with E-state index >= 15 is 0 Å². The fourth-order valence-electron chi connectivity index (χ4n) is 2.49. The van der Waals surface area contributed by atoms with Gasteiger partial charge in [0.15, 0.2) is 0 Å². The van der Waals surface area contributed by atoms with Gasteiger partial charge in [0.25, 0.3) is 0 Å². The molecular weight excluding hydrogens is 208 g/mol. The molecule has 2 rings (SSSR count). The largest absolute Gasteiger partial charge is 0.317 e. The Kier molecular flexibility index (Phi) is 4.57. The molecule has 1 aliphatic rings. The normalized spacial score (nSPS) is 23.1. The zero-order valence-electron chi connectivity index (χ0n) is 11.0. The summed E-state index contributed by atoms with van der Waals surface area (Å²) in [6, 6.07) is 9.99. The summed E-state index contributed by atoms with van der Waals surface area (Å²) in [5, 5.41) is 7.21. The molecule has 0 spiro atoms. The van der Waals surface area contributed by atoms with Crippen LogP contribution < -0.4 is 10.6 Å². The Labute approximate surface area is 105 Å². The Morgan fingerprint density at radius 1 is 1.18 bits per heavy atom. The minimum absolute atomic E-state index is 0.457. The SMILES string of the molecule is Cc1ccc([C@@H](C)NC2CCCNCC2)cc1. The summed E-state index contributed by atoms with van der Waals surface area (Å²) < 4.78 is 0. The highest BCUT2D eigenvalue weighted by molar-refractivity contribution is 5.23. The molecular formula is C15H24N2. The minimum Gasteiger partial charge on any atom is -0.317 e. The quantitative estimate of drug-likeness (QED) is 0.837. The molecule has 1 aromatic carbocycles. The second-order valence-corrected chi connectivity index (χ2v) is 5.18. The van der Waals surface area contributed by atoms with E-state index in [0.717, 1.165) is 6.54 Å². The van der Waals surface area contributed by atoms with Crippen molar-refractivity contribution in [3.8, 4) is 0 Å². The van der Waals surface area contributed by atoms with E-state index in [0.29, 0.717) is 12.1 Å². The molecule has 0 bridgehead atoms. The number of benzene rings is 1. The standard InChI is InChI=1S/C15H24N2/c1-12-5-7-14(8-6-12)13(2)17-15-4-3-10-16-11-9-15/h5-8,13,15-17H,3-4,9-11H2,1-2H3/t13-,15?/m1/s1. The molecule has 1 aliphatic heterocycles. The maximum atomic E-state index is 3.75. The van der Waals surface area contributed by atoms with Crippen molar-refractivity contribution in [2.75, 3.05) is 13.1 Å². The first-order valence-corrected chi connectivity index (χ1v) is 6.79. The van der Waals surface area contributed by atoms with Gasteiger partial charge in [0, 0.05) is 12.1 Å². The topological polar surface area (TPSA) is 24.1 Å². The molecule has 0 aromatic heterocycles. The molecule has 2 nitrogen and oxygen atoms in total. The molecule has 94 valence electrons. The number of hydrogen-bond acceptors (Lipinski definition) is 2. The lowest BCUT2D eigenvalue weighted by atomic mass is 10.0. The van der Waals surface area contributed by atoms with Gasteiger partial charge in [-0.2, -0.15) is 0 Å². The molecule has 1 fully saturated rings. The van der Waals surface area contributed by atoms with Gasteiger partial charge < -0.3 is 10.6 Å². The average Bonchev–Trinajstić information content (AvgIpc) is 2.58. The van der Waals surface area contributed by atoms with Crippen LogP contribution in [0.25, 0.3) is 0 Å². The van der Waals surface area contributed by atoms with E-state index in [9.17, 15) is 0 Å². The minimum atomic E-state index is 0.457. The van der Waals surface area contributed by atoms with Crippen molar-refractivity contribution in [3.63, 3.8) is 0 Å². The van der Waals surface area contributed by atoms with Crippen LogP contribution in [0, 0.1) is 6.92 Å². The maximum Gasteiger partial charge on any atom is 0.0294 e. The lowest BCUT2D eigenvalue weighted by Crippen LogP contribution is -2.32. The summed E-state index contributed by atoms with van der Waals surface area (Å²) in [7, 11) is 0. The van der Waals surface area contributed by atoms with E-state index in [2.05, 4.69) is 48.7 Å². The number of aryl methyl sites for hydroxylation is 1. The van der Waals surface area contributed by atoms with E-state index in [-0.39, 0.29) is 0 Å². The highest BCUT2D eigenvalue weighted by Crippen LogP contribution is 2.16. The summed E-state index contributed by atoms with van der Waals surface area (Å²) in [5.74, 6) is 0. The van der Waals surface area contributed by atoms with Crippen molar-refractivity contribution in [3.05, 3.63) is 35.4 Å². The van der Waals surface area contributed by atoms with Crippen molar-refractivity contribution in [1.82, 2.24) is 10.6 Å². The van der Waals surface area contributed by atoms with Crippen LogP contribution in [-0.2, 0) is 0 Å². The molecule has 2 N–H and O–H groups in total. The summed E-state index contributed by atoms with van der Waals surface area (Å²) in [4.78, 5) is 0. The van der Waals surface area contributed by atoms with Gasteiger partial charge in [0.2, 0.25) is 0 Å². The van der Waals surface area contributed by atoms with Gasteiger partial charge in [-0.15, -0.1) is 0 Å². The Hall–Kier alpha value is -0.860. The molecule has 0 aliphatic carbocycles. The van der Waals surface area contributed by atoms with Gasteiger partial charge in [-0.3, -0.25) is 0 Å². The van der Waals surface area contributed by atoms with E-state index < -0.39 is 0 Å². The number of nitrogens with one attached hydrogen (secondary N) is 2. The monoisotopic (exact) mass is 232 g/mol. The fraction of sp³-hybridized carbons (Fsp3) is 0.600. The molecule has 1 heterocycles. The summed E-state index contributed by atoms with van der Waals surface area (Å²) in [6.07, 6.45) is 3.83. The van der Waals surface area contributed by atoms with Gasteiger partial charge in [0.05, 0.1) is 0 Å². The summed E-state index contributed by atoms with van der Waals surface area (Å²) in [5.41, 5.74) is 2.73. The van der Waals surface area contributed by atoms with Crippen molar-refractivity contribution >= 4 is 0 Å². The molecule has 2 atom stereocenters. The first kappa shape index (κ1) is 12.6. The van der Waals surface area contributed by atoms with Crippen molar-refractivity contribution in [2.24, 2.45) is 0 Å². The first-order chi connectivity index (χ1) is 8.25. The van der Waals surface area contributed by atoms with E-state index in [1.54, 1.807) is 0 Å². The van der Waals surface area contributed by atoms with Crippen LogP contribution in [0.1, 0.15) is 43.4 Å². The molecule has 17 heavy (non-hydrogen) atoms. The Balaban J connectivity index is 1.91. The third-order valence-electron chi connectivity index (χ3n) is 3.64. The van der Waals surface area contributed by atoms with Gasteiger partial charge in [-0.1, -0.05) is 29.8 Å². The van der Waals surface area contributed by atoms with Crippen LogP contribution in [0.2, 0.25) is 0 Å². The molecule has 0 saturated carbocycles. The van der Waals surface area contributed by atoms with E-state index in [1.165, 1.54) is 36.9 Å². The highest BCUT2D eigenvalue weighted by Gasteiger charge is 2.14. The number of rotatable bonds is 3. The van der Waals surface area contributed by atoms with E-state index in [4.69, 9.17) is 0 Å². The van der Waals surface area contributed by atoms with E-state index in [1.807, 2.05) is 0 Å². The van der Waals surface area contributed by atoms with Crippen molar-refractivity contribution < 1.29 is 0 Å². The number of hydrogen-bond donors (Lipinski definition) is 2. The van der Waals surface area contributed by atoms with Gasteiger partial charge in [-0.25, -0.2) is 0 Å². The Bertz CT molecular complexity index is 323. The van der Waals surface area contributed by atoms with Gasteiger partial charge >= 0.3 is 0 Å². The third-order valence-corrected chi connectivity index (χ3v) is 3.64. The zero-order valence-corrected chi connectivity index (χ0v) is 11.0. The Morgan fingerprint density at radius 3 is 2.71 bits per heavy atom. The fourth-order valence-corrected chi connectivity index (χ4v) is 2.49. The summed E-state index contributed by atoms with van der Waals surface area (Å²) in [6.45, 7) is 6.73. The molecule has 1 saturated heterocycles. The maximum absolute atomic E-state index is 3.75. The van der Waals surface area contributed by atoms with Crippen LogP contribution in [0.15, 0.2) is 24.3 Å². The lowest BCUT2D eigenvalue weighted by Gasteiger charge is -2.22. The second-order valence-electron chi connectivity index (χ2n) is 5.18. The Morgan fingerprint density at radius 2 is 1.94 bits per heavy atom. The third kappa shape index (κ3) is 3.83. The first-order valence-electron chi connectivity index (χ1n) is 6.79. The molecule has 1 unspecified atom stereocenters. The highest BCUT2D eigenvalue weighted by atomic mass is 15.0. The smallest absolute Gasteiger partial charge is 0.0294 e. The lowest BCUT2D eigenvalue weighted by molar-refractivity contribution is 0.421. The van der Waals surface area contributed by atoms with Crippen LogP contribution in [0.3, 0.4) is 0 Å². The zero-order chi connectivity index (χ0) is 12.1.